The molecule has 7 heteroatoms. The number of carbonyl (C=O) groups is 1. The van der Waals surface area contributed by atoms with Crippen LogP contribution >= 0.6 is 0 Å². The van der Waals surface area contributed by atoms with Gasteiger partial charge in [-0.1, -0.05) is 0 Å². The lowest BCUT2D eigenvalue weighted by molar-refractivity contribution is 0.0217. The monoisotopic (exact) mass is 352 g/mol. The van der Waals surface area contributed by atoms with Gasteiger partial charge in [0, 0.05) is 17.6 Å². The third-order valence-electron chi connectivity index (χ3n) is 5.39. The van der Waals surface area contributed by atoms with Gasteiger partial charge in [-0.2, -0.15) is 5.26 Å². The molecule has 26 heavy (non-hydrogen) atoms. The van der Waals surface area contributed by atoms with Gasteiger partial charge in [0.2, 0.25) is 0 Å². The van der Waals surface area contributed by atoms with E-state index < -0.39 is 0 Å². The lowest BCUT2D eigenvalue weighted by atomic mass is 9.79. The molecule has 2 bridgehead atoms. The molecule has 3 aliphatic heterocycles. The van der Waals surface area contributed by atoms with Crippen molar-refractivity contribution in [3.63, 3.8) is 0 Å². The number of hydrogen-bond donors (Lipinski definition) is 1. The van der Waals surface area contributed by atoms with Gasteiger partial charge < -0.3 is 14.5 Å². The van der Waals surface area contributed by atoms with Gasteiger partial charge in [0.1, 0.15) is 11.9 Å². The fourth-order valence-corrected chi connectivity index (χ4v) is 3.93. The van der Waals surface area contributed by atoms with Crippen LogP contribution in [-0.2, 0) is 0 Å². The molecule has 4 heterocycles. The quantitative estimate of drug-likeness (QED) is 0.909. The zero-order valence-corrected chi connectivity index (χ0v) is 14.5. The predicted molar refractivity (Wildman–Crippen MR) is 92.7 cm³/mol. The van der Waals surface area contributed by atoms with Crippen molar-refractivity contribution in [2.24, 2.45) is 5.92 Å². The summed E-state index contributed by atoms with van der Waals surface area (Å²) in [5, 5.41) is 11.9. The van der Waals surface area contributed by atoms with Crippen LogP contribution < -0.4 is 10.1 Å². The van der Waals surface area contributed by atoms with Crippen molar-refractivity contribution >= 4 is 5.91 Å². The molecule has 3 fully saturated rings. The SMILES string of the molecule is CC1C(NC(=O)c2ccc(Oc3cnc(C#N)o3)cc2)C2CCN1CC2. The molecule has 0 aliphatic carbocycles. The maximum Gasteiger partial charge on any atom is 0.311 e. The van der Waals surface area contributed by atoms with Crippen LogP contribution in [0.3, 0.4) is 0 Å². The molecule has 134 valence electrons. The van der Waals surface area contributed by atoms with Gasteiger partial charge in [-0.25, -0.2) is 4.98 Å². The van der Waals surface area contributed by atoms with E-state index in [0.717, 1.165) is 25.9 Å². The standard InChI is InChI=1S/C19H20N4O3/c1-12-18(13-6-8-23(12)9-7-13)22-19(24)14-2-4-15(5-3-14)25-17-11-21-16(10-20)26-17/h2-5,11-13,18H,6-9H2,1H3,(H,22,24). The second-order valence-corrected chi connectivity index (χ2v) is 6.84. The van der Waals surface area contributed by atoms with E-state index in [0.29, 0.717) is 23.3 Å². The highest BCUT2D eigenvalue weighted by Gasteiger charge is 2.40. The van der Waals surface area contributed by atoms with Crippen molar-refractivity contribution in [3.8, 4) is 17.8 Å². The lowest BCUT2D eigenvalue weighted by Gasteiger charge is -2.49. The summed E-state index contributed by atoms with van der Waals surface area (Å²) in [7, 11) is 0. The van der Waals surface area contributed by atoms with E-state index in [-0.39, 0.29) is 23.8 Å². The first-order valence-electron chi connectivity index (χ1n) is 8.83. The van der Waals surface area contributed by atoms with Gasteiger partial charge in [-0.05, 0) is 63.0 Å². The summed E-state index contributed by atoms with van der Waals surface area (Å²) in [6.07, 6.45) is 3.65. The Labute approximate surface area is 151 Å². The van der Waals surface area contributed by atoms with E-state index in [1.807, 2.05) is 0 Å². The Hall–Kier alpha value is -2.85. The molecule has 7 nitrogen and oxygen atoms in total. The van der Waals surface area contributed by atoms with Gasteiger partial charge in [0.25, 0.3) is 5.91 Å². The van der Waals surface area contributed by atoms with Crippen LogP contribution in [0.4, 0.5) is 0 Å². The first-order chi connectivity index (χ1) is 12.6. The molecular weight excluding hydrogens is 332 g/mol. The maximum atomic E-state index is 12.6. The summed E-state index contributed by atoms with van der Waals surface area (Å²) < 4.78 is 10.6. The molecule has 1 N–H and O–H groups in total. The van der Waals surface area contributed by atoms with E-state index in [9.17, 15) is 4.79 Å². The molecule has 5 rings (SSSR count). The molecule has 2 aromatic rings. The molecular formula is C19H20N4O3. The highest BCUT2D eigenvalue weighted by Crippen LogP contribution is 2.32. The second-order valence-electron chi connectivity index (χ2n) is 6.84. The number of nitrogens with zero attached hydrogens (tertiary/aromatic N) is 3. The summed E-state index contributed by atoms with van der Waals surface area (Å²) in [5.74, 6) is 1.11. The Morgan fingerprint density at radius 1 is 1.35 bits per heavy atom. The zero-order chi connectivity index (χ0) is 18.1. The van der Waals surface area contributed by atoms with Gasteiger partial charge >= 0.3 is 11.8 Å². The van der Waals surface area contributed by atoms with Gasteiger partial charge in [-0.3, -0.25) is 9.69 Å². The van der Waals surface area contributed by atoms with E-state index in [4.69, 9.17) is 14.4 Å². The van der Waals surface area contributed by atoms with Crippen LogP contribution in [0.2, 0.25) is 0 Å². The van der Waals surface area contributed by atoms with Gasteiger partial charge in [-0.15, -0.1) is 0 Å². The summed E-state index contributed by atoms with van der Waals surface area (Å²) in [6, 6.07) is 9.23. The van der Waals surface area contributed by atoms with Crippen LogP contribution in [0.15, 0.2) is 34.9 Å². The number of ether oxygens (including phenoxy) is 1. The number of benzene rings is 1. The molecule has 1 amide bonds. The van der Waals surface area contributed by atoms with E-state index >= 15 is 0 Å². The lowest BCUT2D eigenvalue weighted by Crippen LogP contribution is -2.62. The van der Waals surface area contributed by atoms with Crippen LogP contribution in [-0.4, -0.2) is 41.0 Å². The number of oxazole rings is 1. The van der Waals surface area contributed by atoms with Crippen molar-refractivity contribution in [2.75, 3.05) is 13.1 Å². The summed E-state index contributed by atoms with van der Waals surface area (Å²) in [4.78, 5) is 18.8. The highest BCUT2D eigenvalue weighted by molar-refractivity contribution is 5.94. The minimum atomic E-state index is -0.0615. The molecule has 0 spiro atoms. The third-order valence-corrected chi connectivity index (χ3v) is 5.39. The number of piperidine rings is 3. The highest BCUT2D eigenvalue weighted by atomic mass is 16.6. The number of aromatic nitrogens is 1. The maximum absolute atomic E-state index is 12.6. The van der Waals surface area contributed by atoms with Crippen molar-refractivity contribution in [1.82, 2.24) is 15.2 Å². The van der Waals surface area contributed by atoms with Crippen molar-refractivity contribution < 1.29 is 13.9 Å². The number of amides is 1. The molecule has 2 atom stereocenters. The topological polar surface area (TPSA) is 91.4 Å². The first-order valence-corrected chi connectivity index (χ1v) is 8.83. The third kappa shape index (κ3) is 3.16. The van der Waals surface area contributed by atoms with E-state index in [1.165, 1.54) is 6.20 Å². The molecule has 0 saturated carbocycles. The Bertz CT molecular complexity index is 829. The summed E-state index contributed by atoms with van der Waals surface area (Å²) >= 11 is 0. The average Bonchev–Trinajstić information content (AvgIpc) is 3.13. The first kappa shape index (κ1) is 16.6. The second kappa shape index (κ2) is 6.81. The van der Waals surface area contributed by atoms with Crippen LogP contribution in [0, 0.1) is 17.2 Å². The molecule has 3 aliphatic rings. The van der Waals surface area contributed by atoms with Crippen LogP contribution in [0.25, 0.3) is 0 Å². The van der Waals surface area contributed by atoms with Gasteiger partial charge in [0.05, 0.1) is 0 Å². The normalized spacial score (nSPS) is 26.9. The van der Waals surface area contributed by atoms with Crippen LogP contribution in [0.1, 0.15) is 36.0 Å². The molecule has 1 aromatic heterocycles. The van der Waals surface area contributed by atoms with E-state index in [1.54, 1.807) is 30.3 Å². The van der Waals surface area contributed by atoms with Crippen molar-refractivity contribution in [2.45, 2.75) is 31.8 Å². The van der Waals surface area contributed by atoms with E-state index in [2.05, 4.69) is 22.1 Å². The average molecular weight is 352 g/mol. The molecule has 3 saturated heterocycles. The Morgan fingerprint density at radius 2 is 2.08 bits per heavy atom. The largest absolute Gasteiger partial charge is 0.425 e. The number of carbonyl (C=O) groups excluding carboxylic acids is 1. The minimum absolute atomic E-state index is 0.0531. The van der Waals surface area contributed by atoms with Crippen molar-refractivity contribution in [3.05, 3.63) is 41.9 Å². The Kier molecular flexibility index (Phi) is 4.35. The number of rotatable bonds is 4. The van der Waals surface area contributed by atoms with Gasteiger partial charge in [0.15, 0.2) is 6.07 Å². The fourth-order valence-electron chi connectivity index (χ4n) is 3.93. The Balaban J connectivity index is 1.40. The number of fused-ring (bicyclic) bond motifs is 3. The smallest absolute Gasteiger partial charge is 0.311 e. The summed E-state index contributed by atoms with van der Waals surface area (Å²) in [6.45, 7) is 4.47. The molecule has 1 aromatic carbocycles. The number of nitrogens with one attached hydrogen (secondary N) is 1. The van der Waals surface area contributed by atoms with Crippen molar-refractivity contribution in [1.29, 1.82) is 5.26 Å². The van der Waals surface area contributed by atoms with Crippen LogP contribution in [0.5, 0.6) is 11.7 Å². The predicted octanol–water partition coefficient (Wildman–Crippen LogP) is 2.55. The number of nitriles is 1. The Morgan fingerprint density at radius 3 is 2.69 bits per heavy atom. The summed E-state index contributed by atoms with van der Waals surface area (Å²) in [5.41, 5.74) is 0.594. The number of hydrogen-bond acceptors (Lipinski definition) is 6. The fraction of sp³-hybridized carbons (Fsp3) is 0.421. The zero-order valence-electron chi connectivity index (χ0n) is 14.5. The molecule has 0 radical (unpaired) electrons. The molecule has 2 unspecified atom stereocenters. The minimum Gasteiger partial charge on any atom is -0.425 e.